The van der Waals surface area contributed by atoms with Crippen LogP contribution in [0.1, 0.15) is 40.7 Å². The van der Waals surface area contributed by atoms with Gasteiger partial charge in [-0.3, -0.25) is 4.79 Å². The summed E-state index contributed by atoms with van der Waals surface area (Å²) in [7, 11) is 1.67. The third-order valence-corrected chi connectivity index (χ3v) is 5.93. The van der Waals surface area contributed by atoms with Gasteiger partial charge >= 0.3 is 0 Å². The van der Waals surface area contributed by atoms with E-state index < -0.39 is 0 Å². The summed E-state index contributed by atoms with van der Waals surface area (Å²) in [4.78, 5) is 11.7. The molecule has 1 fully saturated rings. The number of ketones is 1. The van der Waals surface area contributed by atoms with Gasteiger partial charge in [0, 0.05) is 29.0 Å². The van der Waals surface area contributed by atoms with Crippen molar-refractivity contribution in [2.75, 3.05) is 20.5 Å². The van der Waals surface area contributed by atoms with Crippen molar-refractivity contribution in [2.45, 2.75) is 25.6 Å². The molecule has 4 rings (SSSR count). The van der Waals surface area contributed by atoms with Crippen LogP contribution in [0, 0.1) is 5.92 Å². The molecule has 5 nitrogen and oxygen atoms in total. The van der Waals surface area contributed by atoms with Gasteiger partial charge in [0.2, 0.25) is 6.79 Å². The van der Waals surface area contributed by atoms with E-state index in [1.807, 2.05) is 36.4 Å². The Hall–Kier alpha value is -1.89. The molecule has 3 atom stereocenters. The highest BCUT2D eigenvalue weighted by Gasteiger charge is 2.38. The van der Waals surface area contributed by atoms with E-state index in [9.17, 15) is 4.79 Å². The molecule has 0 N–H and O–H groups in total. The Bertz CT molecular complexity index is 848. The van der Waals surface area contributed by atoms with Gasteiger partial charge in [0.25, 0.3) is 0 Å². The van der Waals surface area contributed by atoms with Gasteiger partial charge < -0.3 is 18.9 Å². The number of hydrogen-bond acceptors (Lipinski definition) is 5. The van der Waals surface area contributed by atoms with E-state index in [1.54, 1.807) is 14.0 Å². The Labute approximate surface area is 166 Å². The summed E-state index contributed by atoms with van der Waals surface area (Å²) in [6.07, 6.45) is 0.609. The summed E-state index contributed by atoms with van der Waals surface area (Å²) in [5.74, 6) is 1.72. The lowest BCUT2D eigenvalue weighted by Gasteiger charge is -2.29. The molecule has 2 aliphatic rings. The zero-order valence-electron chi connectivity index (χ0n) is 15.2. The number of carbonyl (C=O) groups excluding carboxylic acids is 1. The van der Waals surface area contributed by atoms with Crippen molar-refractivity contribution in [3.8, 4) is 11.5 Å². The van der Waals surface area contributed by atoms with Crippen molar-refractivity contribution in [3.63, 3.8) is 0 Å². The highest BCUT2D eigenvalue weighted by molar-refractivity contribution is 9.10. The normalized spacial score (nSPS) is 22.0. The predicted molar refractivity (Wildman–Crippen MR) is 103 cm³/mol. The fraction of sp³-hybridized carbons (Fsp3) is 0.381. The van der Waals surface area contributed by atoms with Crippen molar-refractivity contribution in [1.29, 1.82) is 0 Å². The van der Waals surface area contributed by atoms with Gasteiger partial charge in [-0.15, -0.1) is 0 Å². The number of ether oxygens (including phenoxy) is 4. The number of benzene rings is 2. The Balaban J connectivity index is 1.80. The van der Waals surface area contributed by atoms with E-state index in [0.717, 1.165) is 33.5 Å². The van der Waals surface area contributed by atoms with Crippen molar-refractivity contribution in [3.05, 3.63) is 57.6 Å². The lowest BCUT2D eigenvalue weighted by molar-refractivity contribution is -0.112. The van der Waals surface area contributed by atoms with Crippen molar-refractivity contribution >= 4 is 21.7 Å². The summed E-state index contributed by atoms with van der Waals surface area (Å²) in [6, 6.07) is 11.8. The third kappa shape index (κ3) is 3.49. The lowest BCUT2D eigenvalue weighted by Crippen LogP contribution is -2.25. The number of fused-ring (bicyclic) bond motifs is 1. The van der Waals surface area contributed by atoms with Crippen LogP contribution in [-0.2, 0) is 9.47 Å². The van der Waals surface area contributed by atoms with E-state index in [4.69, 9.17) is 18.9 Å². The molecule has 1 saturated heterocycles. The molecule has 0 amide bonds. The Morgan fingerprint density at radius 1 is 1.19 bits per heavy atom. The summed E-state index contributed by atoms with van der Waals surface area (Å²) in [6.45, 7) is 2.47. The maximum Gasteiger partial charge on any atom is 0.231 e. The van der Waals surface area contributed by atoms with Gasteiger partial charge in [-0.2, -0.15) is 0 Å². The van der Waals surface area contributed by atoms with Crippen LogP contribution in [0.5, 0.6) is 11.5 Å². The van der Waals surface area contributed by atoms with Gasteiger partial charge in [-0.25, -0.2) is 0 Å². The first-order valence-electron chi connectivity index (χ1n) is 8.93. The van der Waals surface area contributed by atoms with Crippen LogP contribution in [0.4, 0.5) is 0 Å². The molecule has 6 heteroatoms. The Morgan fingerprint density at radius 3 is 2.56 bits per heavy atom. The number of rotatable bonds is 5. The molecule has 0 aromatic heterocycles. The average molecular weight is 433 g/mol. The second-order valence-corrected chi connectivity index (χ2v) is 7.66. The van der Waals surface area contributed by atoms with Crippen molar-refractivity contribution in [2.24, 2.45) is 5.92 Å². The first-order valence-corrected chi connectivity index (χ1v) is 9.72. The quantitative estimate of drug-likeness (QED) is 0.649. The minimum atomic E-state index is -0.278. The first-order chi connectivity index (χ1) is 13.1. The highest BCUT2D eigenvalue weighted by atomic mass is 79.9. The van der Waals surface area contributed by atoms with Crippen LogP contribution in [0.25, 0.3) is 0 Å². The van der Waals surface area contributed by atoms with Crippen LogP contribution in [0.3, 0.4) is 0 Å². The van der Waals surface area contributed by atoms with Gasteiger partial charge in [-0.05, 0) is 36.6 Å². The molecule has 3 unspecified atom stereocenters. The smallest absolute Gasteiger partial charge is 0.231 e. The number of hydrogen-bond donors (Lipinski definition) is 0. The van der Waals surface area contributed by atoms with Crippen LogP contribution < -0.4 is 9.47 Å². The fourth-order valence-corrected chi connectivity index (χ4v) is 4.47. The minimum Gasteiger partial charge on any atom is -0.454 e. The zero-order valence-corrected chi connectivity index (χ0v) is 16.8. The van der Waals surface area contributed by atoms with Gasteiger partial charge in [0.15, 0.2) is 23.6 Å². The molecule has 142 valence electrons. The zero-order chi connectivity index (χ0) is 19.0. The second-order valence-electron chi connectivity index (χ2n) is 6.81. The van der Waals surface area contributed by atoms with E-state index in [0.29, 0.717) is 12.2 Å². The van der Waals surface area contributed by atoms with E-state index in [1.165, 1.54) is 0 Å². The van der Waals surface area contributed by atoms with Crippen LogP contribution in [0.15, 0.2) is 40.9 Å². The number of halogens is 1. The molecule has 2 aromatic carbocycles. The van der Waals surface area contributed by atoms with Gasteiger partial charge in [0.05, 0.1) is 6.61 Å². The largest absolute Gasteiger partial charge is 0.454 e. The lowest BCUT2D eigenvalue weighted by atomic mass is 9.79. The summed E-state index contributed by atoms with van der Waals surface area (Å²) in [5.41, 5.74) is 2.90. The number of Topliss-reactive ketones (excluding diaryl/α,β-unsaturated/α-hetero) is 1. The predicted octanol–water partition coefficient (Wildman–Crippen LogP) is 4.52. The van der Waals surface area contributed by atoms with Crippen molar-refractivity contribution in [1.82, 2.24) is 0 Å². The SMILES string of the molecule is COC1OCCC1C(c1ccc(C(C)=O)cc1)c1cc2c(cc1Br)OCO2. The van der Waals surface area contributed by atoms with Crippen LogP contribution in [0.2, 0.25) is 0 Å². The fourth-order valence-electron chi connectivity index (χ4n) is 3.90. The molecule has 0 radical (unpaired) electrons. The average Bonchev–Trinajstić information content (AvgIpc) is 3.31. The van der Waals surface area contributed by atoms with Crippen molar-refractivity contribution < 1.29 is 23.7 Å². The second kappa shape index (κ2) is 7.62. The van der Waals surface area contributed by atoms with E-state index in [-0.39, 0.29) is 30.7 Å². The van der Waals surface area contributed by atoms with Crippen LogP contribution >= 0.6 is 15.9 Å². The highest BCUT2D eigenvalue weighted by Crippen LogP contribution is 2.46. The third-order valence-electron chi connectivity index (χ3n) is 5.25. The molecule has 2 heterocycles. The molecule has 27 heavy (non-hydrogen) atoms. The van der Waals surface area contributed by atoms with Crippen LogP contribution in [-0.4, -0.2) is 32.6 Å². The maximum atomic E-state index is 11.7. The van der Waals surface area contributed by atoms with E-state index >= 15 is 0 Å². The molecule has 0 aliphatic carbocycles. The van der Waals surface area contributed by atoms with Gasteiger partial charge in [0.1, 0.15) is 0 Å². The summed E-state index contributed by atoms with van der Waals surface area (Å²) >= 11 is 3.70. The molecular weight excluding hydrogens is 412 g/mol. The molecule has 0 spiro atoms. The maximum absolute atomic E-state index is 11.7. The molecule has 2 aliphatic heterocycles. The monoisotopic (exact) mass is 432 g/mol. The first kappa shape index (κ1) is 18.5. The number of methoxy groups -OCH3 is 1. The number of carbonyl (C=O) groups is 1. The topological polar surface area (TPSA) is 54.0 Å². The standard InChI is InChI=1S/C21H21BrO5/c1-12(23)13-3-5-14(6-4-13)20(15-7-8-25-21(15)24-2)16-9-18-19(10-17(16)22)27-11-26-18/h3-6,9-10,15,20-21H,7-8,11H2,1-2H3. The molecule has 0 bridgehead atoms. The molecule has 0 saturated carbocycles. The molecule has 2 aromatic rings. The molecular formula is C21H21BrO5. The Kier molecular flexibility index (Phi) is 5.21. The van der Waals surface area contributed by atoms with Gasteiger partial charge in [-0.1, -0.05) is 40.2 Å². The summed E-state index contributed by atoms with van der Waals surface area (Å²) < 4.78 is 23.4. The minimum absolute atomic E-state index is 0.0299. The summed E-state index contributed by atoms with van der Waals surface area (Å²) in [5, 5.41) is 0. The van der Waals surface area contributed by atoms with E-state index in [2.05, 4.69) is 15.9 Å². The Morgan fingerprint density at radius 2 is 1.89 bits per heavy atom.